The summed E-state index contributed by atoms with van der Waals surface area (Å²) in [5, 5.41) is 8.66. The fourth-order valence-corrected chi connectivity index (χ4v) is 2.44. The summed E-state index contributed by atoms with van der Waals surface area (Å²) >= 11 is 5.57. The van der Waals surface area contributed by atoms with Crippen LogP contribution in [0.4, 0.5) is 18.9 Å². The highest BCUT2D eigenvalue weighted by Gasteiger charge is 2.35. The van der Waals surface area contributed by atoms with Crippen molar-refractivity contribution in [3.8, 4) is 6.07 Å². The molecule has 0 spiro atoms. The van der Waals surface area contributed by atoms with Gasteiger partial charge in [-0.05, 0) is 30.5 Å². The Morgan fingerprint density at radius 2 is 2.05 bits per heavy atom. The Morgan fingerprint density at radius 1 is 1.35 bits per heavy atom. The van der Waals surface area contributed by atoms with Gasteiger partial charge in [0, 0.05) is 24.2 Å². The van der Waals surface area contributed by atoms with Crippen molar-refractivity contribution in [3.63, 3.8) is 0 Å². The Bertz CT molecular complexity index is 518. The number of hydrogen-bond donors (Lipinski definition) is 0. The normalized spacial score (nSPS) is 14.9. The summed E-state index contributed by atoms with van der Waals surface area (Å²) in [6.07, 6.45) is -2.19. The van der Waals surface area contributed by atoms with Crippen molar-refractivity contribution in [1.29, 1.82) is 5.26 Å². The van der Waals surface area contributed by atoms with Crippen LogP contribution in [-0.4, -0.2) is 12.6 Å². The van der Waals surface area contributed by atoms with Gasteiger partial charge >= 0.3 is 6.18 Å². The molecule has 0 atom stereocenters. The molecule has 1 aromatic carbocycles. The first kappa shape index (κ1) is 15.0. The van der Waals surface area contributed by atoms with Crippen molar-refractivity contribution in [1.82, 2.24) is 0 Å². The summed E-state index contributed by atoms with van der Waals surface area (Å²) in [6, 6.07) is 6.51. The van der Waals surface area contributed by atoms with Gasteiger partial charge in [0.25, 0.3) is 0 Å². The van der Waals surface area contributed by atoms with Gasteiger partial charge in [-0.15, -0.1) is 11.6 Å². The molecule has 0 radical (unpaired) electrons. The molecule has 1 aliphatic rings. The summed E-state index contributed by atoms with van der Waals surface area (Å²) in [5.74, 6) is -0.170. The van der Waals surface area contributed by atoms with E-state index < -0.39 is 11.7 Å². The van der Waals surface area contributed by atoms with E-state index in [1.54, 1.807) is 6.07 Å². The standard InChI is InChI=1S/C14H14ClF3N2/c15-9-10-2-3-12(8-13(10)14(16,17)18)20(7-1-6-19)11-4-5-11/h2-3,8,11H,1,4-5,7,9H2. The van der Waals surface area contributed by atoms with Crippen molar-refractivity contribution in [2.24, 2.45) is 0 Å². The zero-order chi connectivity index (χ0) is 14.8. The second kappa shape index (κ2) is 5.92. The van der Waals surface area contributed by atoms with Crippen LogP contribution in [-0.2, 0) is 12.1 Å². The fraction of sp³-hybridized carbons (Fsp3) is 0.500. The number of nitriles is 1. The van der Waals surface area contributed by atoms with Crippen LogP contribution in [0.5, 0.6) is 0 Å². The molecule has 0 heterocycles. The summed E-state index contributed by atoms with van der Waals surface area (Å²) in [7, 11) is 0. The maximum Gasteiger partial charge on any atom is 0.416 e. The van der Waals surface area contributed by atoms with E-state index in [9.17, 15) is 13.2 Å². The van der Waals surface area contributed by atoms with E-state index in [0.29, 0.717) is 18.7 Å². The van der Waals surface area contributed by atoms with Gasteiger partial charge in [-0.25, -0.2) is 0 Å². The molecule has 0 aromatic heterocycles. The van der Waals surface area contributed by atoms with Gasteiger partial charge in [-0.3, -0.25) is 0 Å². The van der Waals surface area contributed by atoms with Gasteiger partial charge in [0.1, 0.15) is 0 Å². The summed E-state index contributed by atoms with van der Waals surface area (Å²) < 4.78 is 39.1. The van der Waals surface area contributed by atoms with Crippen LogP contribution in [0.25, 0.3) is 0 Å². The van der Waals surface area contributed by atoms with Gasteiger partial charge in [0.15, 0.2) is 0 Å². The first-order chi connectivity index (χ1) is 9.47. The molecule has 1 aliphatic carbocycles. The second-order valence-electron chi connectivity index (χ2n) is 4.81. The maximum atomic E-state index is 13.0. The van der Waals surface area contributed by atoms with Crippen LogP contribution in [0.15, 0.2) is 18.2 Å². The Morgan fingerprint density at radius 3 is 2.55 bits per heavy atom. The molecule has 6 heteroatoms. The van der Waals surface area contributed by atoms with Crippen LogP contribution >= 0.6 is 11.6 Å². The monoisotopic (exact) mass is 302 g/mol. The number of anilines is 1. The van der Waals surface area contributed by atoms with E-state index in [1.165, 1.54) is 6.07 Å². The van der Waals surface area contributed by atoms with Crippen molar-refractivity contribution >= 4 is 17.3 Å². The lowest BCUT2D eigenvalue weighted by molar-refractivity contribution is -0.138. The third-order valence-corrected chi connectivity index (χ3v) is 3.61. The highest BCUT2D eigenvalue weighted by molar-refractivity contribution is 6.17. The fourth-order valence-electron chi connectivity index (χ4n) is 2.20. The van der Waals surface area contributed by atoms with Crippen LogP contribution in [0.2, 0.25) is 0 Å². The van der Waals surface area contributed by atoms with Gasteiger partial charge in [0.05, 0.1) is 18.1 Å². The number of alkyl halides is 4. The zero-order valence-corrected chi connectivity index (χ0v) is 11.5. The Hall–Kier alpha value is -1.41. The molecule has 1 fully saturated rings. The molecule has 2 rings (SSSR count). The molecular weight excluding hydrogens is 289 g/mol. The lowest BCUT2D eigenvalue weighted by Crippen LogP contribution is -2.27. The predicted molar refractivity (Wildman–Crippen MR) is 71.6 cm³/mol. The number of rotatable bonds is 5. The lowest BCUT2D eigenvalue weighted by atomic mass is 10.1. The SMILES string of the molecule is N#CCCN(c1ccc(CCl)c(C(F)(F)F)c1)C1CC1. The number of benzene rings is 1. The van der Waals surface area contributed by atoms with Crippen LogP contribution in [0.3, 0.4) is 0 Å². The highest BCUT2D eigenvalue weighted by atomic mass is 35.5. The van der Waals surface area contributed by atoms with Gasteiger partial charge in [-0.2, -0.15) is 18.4 Å². The van der Waals surface area contributed by atoms with Crippen molar-refractivity contribution in [2.45, 2.75) is 37.4 Å². The molecule has 0 N–H and O–H groups in total. The van der Waals surface area contributed by atoms with E-state index in [1.807, 2.05) is 11.0 Å². The first-order valence-corrected chi connectivity index (χ1v) is 6.90. The van der Waals surface area contributed by atoms with Crippen LogP contribution in [0.1, 0.15) is 30.4 Å². The summed E-state index contributed by atoms with van der Waals surface area (Å²) in [5.41, 5.74) is -0.0875. The molecule has 0 amide bonds. The van der Waals surface area contributed by atoms with Crippen LogP contribution in [0, 0.1) is 11.3 Å². The Balaban J connectivity index is 2.33. The second-order valence-corrected chi connectivity index (χ2v) is 5.07. The molecule has 1 aromatic rings. The molecule has 0 saturated heterocycles. The smallest absolute Gasteiger partial charge is 0.368 e. The Labute approximate surface area is 120 Å². The van der Waals surface area contributed by atoms with E-state index in [4.69, 9.17) is 16.9 Å². The van der Waals surface area contributed by atoms with Crippen LogP contribution < -0.4 is 4.90 Å². The third kappa shape index (κ3) is 3.37. The minimum atomic E-state index is -4.41. The molecule has 20 heavy (non-hydrogen) atoms. The average Bonchev–Trinajstić information content (AvgIpc) is 3.22. The van der Waals surface area contributed by atoms with Crippen molar-refractivity contribution in [2.75, 3.05) is 11.4 Å². The van der Waals surface area contributed by atoms with Crippen molar-refractivity contribution in [3.05, 3.63) is 29.3 Å². The van der Waals surface area contributed by atoms with E-state index >= 15 is 0 Å². The number of hydrogen-bond acceptors (Lipinski definition) is 2. The topological polar surface area (TPSA) is 27.0 Å². The quantitative estimate of drug-likeness (QED) is 0.757. The largest absolute Gasteiger partial charge is 0.416 e. The minimum absolute atomic E-state index is 0.0824. The molecule has 0 unspecified atom stereocenters. The van der Waals surface area contributed by atoms with Gasteiger partial charge < -0.3 is 4.90 Å². The molecule has 1 saturated carbocycles. The van der Waals surface area contributed by atoms with E-state index in [0.717, 1.165) is 18.9 Å². The summed E-state index contributed by atoms with van der Waals surface area (Å²) in [6.45, 7) is 0.457. The summed E-state index contributed by atoms with van der Waals surface area (Å²) in [4.78, 5) is 1.89. The molecule has 2 nitrogen and oxygen atoms in total. The van der Waals surface area contributed by atoms with E-state index in [2.05, 4.69) is 0 Å². The average molecular weight is 303 g/mol. The molecule has 0 bridgehead atoms. The van der Waals surface area contributed by atoms with E-state index in [-0.39, 0.29) is 17.5 Å². The first-order valence-electron chi connectivity index (χ1n) is 6.37. The number of nitrogens with zero attached hydrogens (tertiary/aromatic N) is 2. The molecule has 108 valence electrons. The molecule has 0 aliphatic heterocycles. The minimum Gasteiger partial charge on any atom is -0.368 e. The highest BCUT2D eigenvalue weighted by Crippen LogP contribution is 2.38. The maximum absolute atomic E-state index is 13.0. The molecular formula is C14H14ClF3N2. The van der Waals surface area contributed by atoms with Gasteiger partial charge in [0.2, 0.25) is 0 Å². The Kier molecular flexibility index (Phi) is 4.44. The number of halogens is 4. The third-order valence-electron chi connectivity index (χ3n) is 3.33. The van der Waals surface area contributed by atoms with Crippen molar-refractivity contribution < 1.29 is 13.2 Å². The van der Waals surface area contributed by atoms with Gasteiger partial charge in [-0.1, -0.05) is 6.07 Å². The predicted octanol–water partition coefficient (Wildman–Crippen LogP) is 4.33. The zero-order valence-electron chi connectivity index (χ0n) is 10.8. The lowest BCUT2D eigenvalue weighted by Gasteiger charge is -2.25.